The molecule has 1 atom stereocenters. The molecule has 1 heterocycles. The van der Waals surface area contributed by atoms with Crippen LogP contribution < -0.4 is 20.1 Å². The number of hydrogen-bond donors (Lipinski definition) is 2. The van der Waals surface area contributed by atoms with E-state index in [-0.39, 0.29) is 30.1 Å². The first-order valence-electron chi connectivity index (χ1n) is 9.43. The van der Waals surface area contributed by atoms with Crippen molar-refractivity contribution in [2.45, 2.75) is 19.6 Å². The molecule has 3 aromatic rings. The Morgan fingerprint density at radius 3 is 2.47 bits per heavy atom. The van der Waals surface area contributed by atoms with Crippen molar-refractivity contribution in [2.75, 3.05) is 20.7 Å². The number of oxazole rings is 1. The summed E-state index contributed by atoms with van der Waals surface area (Å²) in [4.78, 5) is 8.74. The molecule has 0 spiro atoms. The lowest BCUT2D eigenvalue weighted by Crippen LogP contribution is -2.41. The van der Waals surface area contributed by atoms with E-state index < -0.39 is 0 Å². The third kappa shape index (κ3) is 6.65. The zero-order chi connectivity index (χ0) is 20.5. The highest BCUT2D eigenvalue weighted by molar-refractivity contribution is 14.0. The lowest BCUT2D eigenvalue weighted by Gasteiger charge is -2.18. The molecule has 0 bridgehead atoms. The quantitative estimate of drug-likeness (QED) is 0.264. The van der Waals surface area contributed by atoms with Crippen LogP contribution in [0.3, 0.4) is 0 Å². The number of aromatic nitrogens is 1. The number of halogens is 1. The van der Waals surface area contributed by atoms with E-state index in [1.54, 1.807) is 20.4 Å². The van der Waals surface area contributed by atoms with Crippen LogP contribution in [0.2, 0.25) is 0 Å². The fourth-order valence-electron chi connectivity index (χ4n) is 2.71. The second kappa shape index (κ2) is 12.1. The summed E-state index contributed by atoms with van der Waals surface area (Å²) in [5.74, 6) is 2.68. The van der Waals surface area contributed by atoms with Crippen LogP contribution in [0.15, 0.2) is 70.3 Å². The fraction of sp³-hybridized carbons (Fsp3) is 0.273. The summed E-state index contributed by atoms with van der Waals surface area (Å²) in [6.07, 6.45) is 1.57. The van der Waals surface area contributed by atoms with Gasteiger partial charge in [0.25, 0.3) is 0 Å². The Morgan fingerprint density at radius 1 is 1.07 bits per heavy atom. The maximum Gasteiger partial charge on any atom is 0.226 e. The van der Waals surface area contributed by atoms with Crippen LogP contribution in [0.25, 0.3) is 11.5 Å². The van der Waals surface area contributed by atoms with Crippen molar-refractivity contribution >= 4 is 29.9 Å². The van der Waals surface area contributed by atoms with Crippen molar-refractivity contribution in [2.24, 2.45) is 4.99 Å². The van der Waals surface area contributed by atoms with E-state index in [4.69, 9.17) is 13.9 Å². The number of guanidine groups is 1. The van der Waals surface area contributed by atoms with Gasteiger partial charge in [-0.1, -0.05) is 30.3 Å². The van der Waals surface area contributed by atoms with Gasteiger partial charge in [-0.05, 0) is 31.2 Å². The number of methoxy groups -OCH3 is 1. The van der Waals surface area contributed by atoms with Crippen LogP contribution in [0.4, 0.5) is 0 Å². The van der Waals surface area contributed by atoms with Gasteiger partial charge in [0.05, 0.1) is 25.9 Å². The molecule has 2 aromatic carbocycles. The van der Waals surface area contributed by atoms with Crippen LogP contribution in [0, 0.1) is 0 Å². The van der Waals surface area contributed by atoms with Crippen molar-refractivity contribution in [3.05, 3.63) is 66.6 Å². The minimum atomic E-state index is -0.0819. The maximum absolute atomic E-state index is 5.95. The van der Waals surface area contributed by atoms with E-state index in [0.29, 0.717) is 36.4 Å². The number of rotatable bonds is 8. The molecule has 0 aliphatic rings. The summed E-state index contributed by atoms with van der Waals surface area (Å²) < 4.78 is 16.8. The monoisotopic (exact) mass is 522 g/mol. The van der Waals surface area contributed by atoms with Gasteiger partial charge >= 0.3 is 0 Å². The lowest BCUT2D eigenvalue weighted by atomic mass is 10.2. The van der Waals surface area contributed by atoms with Gasteiger partial charge in [0, 0.05) is 12.6 Å². The molecule has 1 aromatic heterocycles. The predicted octanol–water partition coefficient (Wildman–Crippen LogP) is 4.10. The van der Waals surface area contributed by atoms with Gasteiger partial charge in [-0.2, -0.15) is 0 Å². The summed E-state index contributed by atoms with van der Waals surface area (Å²) >= 11 is 0. The second-order valence-electron chi connectivity index (χ2n) is 6.40. The SMILES string of the molecule is CN=C(NCc1coc(-c2ccccc2)n1)NCC(C)Oc1ccccc1OC.I. The molecule has 0 fully saturated rings. The molecular formula is C22H27IN4O3. The molecule has 0 saturated carbocycles. The number of para-hydroxylation sites is 2. The number of aliphatic imine (C=N–C) groups is 1. The van der Waals surface area contributed by atoms with E-state index in [1.165, 1.54) is 0 Å². The van der Waals surface area contributed by atoms with E-state index in [9.17, 15) is 0 Å². The summed E-state index contributed by atoms with van der Waals surface area (Å²) in [6, 6.07) is 17.4. The average molecular weight is 522 g/mol. The summed E-state index contributed by atoms with van der Waals surface area (Å²) in [7, 11) is 3.35. The van der Waals surface area contributed by atoms with Crippen molar-refractivity contribution in [1.82, 2.24) is 15.6 Å². The Labute approximate surface area is 193 Å². The highest BCUT2D eigenvalue weighted by Crippen LogP contribution is 2.26. The second-order valence-corrected chi connectivity index (χ2v) is 6.40. The Balaban J connectivity index is 0.00000320. The van der Waals surface area contributed by atoms with Crippen LogP contribution in [-0.2, 0) is 6.54 Å². The largest absolute Gasteiger partial charge is 0.493 e. The smallest absolute Gasteiger partial charge is 0.226 e. The number of nitrogens with one attached hydrogen (secondary N) is 2. The summed E-state index contributed by atoms with van der Waals surface area (Å²) in [6.45, 7) is 3.06. The number of nitrogens with zero attached hydrogens (tertiary/aromatic N) is 2. The van der Waals surface area contributed by atoms with Crippen molar-refractivity contribution in [3.8, 4) is 23.0 Å². The van der Waals surface area contributed by atoms with Crippen molar-refractivity contribution in [1.29, 1.82) is 0 Å². The molecule has 0 amide bonds. The number of benzene rings is 2. The average Bonchev–Trinajstić information content (AvgIpc) is 3.24. The topological polar surface area (TPSA) is 80.9 Å². The van der Waals surface area contributed by atoms with Crippen LogP contribution >= 0.6 is 24.0 Å². The third-order valence-electron chi connectivity index (χ3n) is 4.19. The van der Waals surface area contributed by atoms with Gasteiger partial charge in [-0.3, -0.25) is 4.99 Å². The Kier molecular flexibility index (Phi) is 9.46. The highest BCUT2D eigenvalue weighted by atomic mass is 127. The van der Waals surface area contributed by atoms with Crippen molar-refractivity contribution in [3.63, 3.8) is 0 Å². The van der Waals surface area contributed by atoms with Crippen molar-refractivity contribution < 1.29 is 13.9 Å². The highest BCUT2D eigenvalue weighted by Gasteiger charge is 2.10. The first kappa shape index (κ1) is 23.5. The van der Waals surface area contributed by atoms with E-state index in [1.807, 2.05) is 61.5 Å². The number of ether oxygens (including phenoxy) is 2. The van der Waals surface area contributed by atoms with Gasteiger partial charge < -0.3 is 24.5 Å². The van der Waals surface area contributed by atoms with Crippen LogP contribution in [-0.4, -0.2) is 37.7 Å². The molecular weight excluding hydrogens is 495 g/mol. The molecule has 0 aliphatic heterocycles. The molecule has 0 aliphatic carbocycles. The van der Waals surface area contributed by atoms with Crippen LogP contribution in [0.1, 0.15) is 12.6 Å². The van der Waals surface area contributed by atoms with Gasteiger partial charge in [-0.15, -0.1) is 24.0 Å². The molecule has 7 nitrogen and oxygen atoms in total. The Hall–Kier alpha value is -2.75. The van der Waals surface area contributed by atoms with Gasteiger partial charge in [0.1, 0.15) is 12.4 Å². The zero-order valence-electron chi connectivity index (χ0n) is 17.3. The summed E-state index contributed by atoms with van der Waals surface area (Å²) in [5, 5.41) is 6.48. The molecule has 8 heteroatoms. The molecule has 0 radical (unpaired) electrons. The predicted molar refractivity (Wildman–Crippen MR) is 129 cm³/mol. The third-order valence-corrected chi connectivity index (χ3v) is 4.19. The van der Waals surface area contributed by atoms with Gasteiger partial charge in [0.2, 0.25) is 5.89 Å². The molecule has 2 N–H and O–H groups in total. The van der Waals surface area contributed by atoms with E-state index >= 15 is 0 Å². The Bertz CT molecular complexity index is 931. The normalized spacial score (nSPS) is 11.9. The first-order chi connectivity index (χ1) is 14.2. The minimum Gasteiger partial charge on any atom is -0.493 e. The standard InChI is InChI=1S/C22H26N4O3.HI/c1-16(29-20-12-8-7-11-19(20)27-3)13-24-22(23-2)25-14-18-15-28-21(26-18)17-9-5-4-6-10-17;/h4-12,15-16H,13-14H2,1-3H3,(H2,23,24,25);1H. The molecule has 1 unspecified atom stereocenters. The first-order valence-corrected chi connectivity index (χ1v) is 9.43. The minimum absolute atomic E-state index is 0. The van der Waals surface area contributed by atoms with Gasteiger partial charge in [0.15, 0.2) is 17.5 Å². The maximum atomic E-state index is 5.95. The summed E-state index contributed by atoms with van der Waals surface area (Å²) in [5.41, 5.74) is 1.74. The lowest BCUT2D eigenvalue weighted by molar-refractivity contribution is 0.213. The van der Waals surface area contributed by atoms with Crippen LogP contribution in [0.5, 0.6) is 11.5 Å². The van der Waals surface area contributed by atoms with Gasteiger partial charge in [-0.25, -0.2) is 4.98 Å². The Morgan fingerprint density at radius 2 is 1.77 bits per heavy atom. The molecule has 160 valence electrons. The van der Waals surface area contributed by atoms with E-state index in [2.05, 4.69) is 20.6 Å². The number of hydrogen-bond acceptors (Lipinski definition) is 5. The zero-order valence-corrected chi connectivity index (χ0v) is 19.6. The van der Waals surface area contributed by atoms with E-state index in [0.717, 1.165) is 11.3 Å². The molecule has 3 rings (SSSR count). The molecule has 0 saturated heterocycles. The fourth-order valence-corrected chi connectivity index (χ4v) is 2.71. The molecule has 30 heavy (non-hydrogen) atoms.